The van der Waals surface area contributed by atoms with E-state index in [4.69, 9.17) is 9.47 Å². The summed E-state index contributed by atoms with van der Waals surface area (Å²) in [4.78, 5) is 23.1. The number of esters is 2. The van der Waals surface area contributed by atoms with E-state index in [1.165, 1.54) is 0 Å². The zero-order valence-corrected chi connectivity index (χ0v) is 12.5. The van der Waals surface area contributed by atoms with Gasteiger partial charge in [0.1, 0.15) is 0 Å². The summed E-state index contributed by atoms with van der Waals surface area (Å²) in [5.74, 6) is 0.654. The average molecular weight is 300 g/mol. The van der Waals surface area contributed by atoms with Gasteiger partial charge in [-0.25, -0.2) is 0 Å². The third kappa shape index (κ3) is 5.98. The second-order valence-corrected chi connectivity index (χ2v) is 5.03. The van der Waals surface area contributed by atoms with Gasteiger partial charge in [0, 0.05) is 0 Å². The van der Waals surface area contributed by atoms with Crippen molar-refractivity contribution in [3.8, 4) is 0 Å². The van der Waals surface area contributed by atoms with Crippen LogP contribution >= 0.6 is 0 Å². The predicted octanol–water partition coefficient (Wildman–Crippen LogP) is 2.44. The maximum Gasteiger partial charge on any atom is 0.313 e. The van der Waals surface area contributed by atoms with Gasteiger partial charge in [-0.3, -0.25) is 9.59 Å². The lowest BCUT2D eigenvalue weighted by Gasteiger charge is -2.09. The van der Waals surface area contributed by atoms with E-state index < -0.39 is 0 Å². The molecule has 2 fully saturated rings. The minimum absolute atomic E-state index is 0.270. The van der Waals surface area contributed by atoms with Crippen LogP contribution in [0.1, 0.15) is 25.7 Å². The van der Waals surface area contributed by atoms with Crippen molar-refractivity contribution >= 4 is 11.9 Å². The maximum atomic E-state index is 11.5. The number of ether oxygens (including phenoxy) is 2. The molecular formula is C18H20O4. The molecule has 0 bridgehead atoms. The summed E-state index contributed by atoms with van der Waals surface area (Å²) >= 11 is 0. The van der Waals surface area contributed by atoms with Crippen LogP contribution in [0.5, 0.6) is 0 Å². The van der Waals surface area contributed by atoms with Crippen molar-refractivity contribution in [2.24, 2.45) is 0 Å². The Morgan fingerprint density at radius 1 is 0.636 bits per heavy atom. The number of unbranched alkanes of at least 4 members (excludes halogenated alkanes) is 3. The van der Waals surface area contributed by atoms with E-state index in [1.54, 1.807) is 25.7 Å². The molecule has 0 aromatic heterocycles. The first kappa shape index (κ1) is 17.3. The van der Waals surface area contributed by atoms with Crippen LogP contribution in [0.3, 0.4) is 0 Å². The van der Waals surface area contributed by atoms with Crippen LogP contribution in [0.2, 0.25) is 0 Å². The Morgan fingerprint density at radius 2 is 1.00 bits per heavy atom. The Morgan fingerprint density at radius 3 is 1.36 bits per heavy atom. The Balaban J connectivity index is 1.38. The van der Waals surface area contributed by atoms with E-state index in [1.807, 2.05) is 25.7 Å². The summed E-state index contributed by atoms with van der Waals surface area (Å²) in [6.45, 7) is 0.856. The quantitative estimate of drug-likeness (QED) is 0.485. The van der Waals surface area contributed by atoms with Crippen LogP contribution < -0.4 is 0 Å². The van der Waals surface area contributed by atoms with E-state index in [0.29, 0.717) is 25.0 Å². The number of hydrogen-bond donors (Lipinski definition) is 0. The highest BCUT2D eigenvalue weighted by molar-refractivity contribution is 5.91. The standard InChI is InChI=1S/C18H20O4/c19-17(15-9-3-4-10-15)21-13-7-1-2-8-14-22-18(20)16-11-5-6-12-16/h3-6,9-12H,1-2,7-8,13-14H2. The van der Waals surface area contributed by atoms with Crippen molar-refractivity contribution in [1.82, 2.24) is 0 Å². The highest BCUT2D eigenvalue weighted by atomic mass is 16.5. The van der Waals surface area contributed by atoms with E-state index in [0.717, 1.165) is 25.7 Å². The smallest absolute Gasteiger partial charge is 0.313 e. The van der Waals surface area contributed by atoms with Crippen LogP contribution in [0, 0.1) is 63.2 Å². The fraction of sp³-hybridized carbons (Fsp3) is 0.333. The minimum atomic E-state index is -0.270. The molecule has 10 radical (unpaired) electrons. The van der Waals surface area contributed by atoms with Crippen LogP contribution in [-0.4, -0.2) is 25.2 Å². The van der Waals surface area contributed by atoms with Gasteiger partial charge in [0.25, 0.3) is 0 Å². The van der Waals surface area contributed by atoms with Crippen LogP contribution in [0.15, 0.2) is 0 Å². The van der Waals surface area contributed by atoms with Crippen molar-refractivity contribution < 1.29 is 19.1 Å². The molecular weight excluding hydrogens is 280 g/mol. The monoisotopic (exact) mass is 300 g/mol. The van der Waals surface area contributed by atoms with Crippen LogP contribution in [-0.2, 0) is 19.1 Å². The first-order valence-corrected chi connectivity index (χ1v) is 7.55. The van der Waals surface area contributed by atoms with Crippen molar-refractivity contribution in [3.05, 3.63) is 63.2 Å². The molecule has 2 rings (SSSR count). The number of hydrogen-bond acceptors (Lipinski definition) is 4. The Labute approximate surface area is 133 Å². The molecule has 0 amide bonds. The van der Waals surface area contributed by atoms with Crippen molar-refractivity contribution in [1.29, 1.82) is 0 Å². The Hall–Kier alpha value is -1.06. The van der Waals surface area contributed by atoms with E-state index in [2.05, 4.69) is 0 Å². The van der Waals surface area contributed by atoms with E-state index in [9.17, 15) is 9.59 Å². The Kier molecular flexibility index (Phi) is 7.75. The van der Waals surface area contributed by atoms with Gasteiger partial charge < -0.3 is 9.47 Å². The first-order valence-electron chi connectivity index (χ1n) is 7.55. The summed E-state index contributed by atoms with van der Waals surface area (Å²) in [5, 5.41) is 0. The Bertz CT molecular complexity index is 307. The molecule has 4 nitrogen and oxygen atoms in total. The van der Waals surface area contributed by atoms with Gasteiger partial charge in [0.15, 0.2) is 0 Å². The molecule has 0 spiro atoms. The zero-order valence-electron chi connectivity index (χ0n) is 12.5. The van der Waals surface area contributed by atoms with Gasteiger partial charge in [0.2, 0.25) is 0 Å². The molecule has 2 aliphatic rings. The minimum Gasteiger partial charge on any atom is -0.465 e. The van der Waals surface area contributed by atoms with Crippen molar-refractivity contribution in [2.75, 3.05) is 13.2 Å². The zero-order chi connectivity index (χ0) is 15.6. The van der Waals surface area contributed by atoms with Gasteiger partial charge >= 0.3 is 11.9 Å². The lowest BCUT2D eigenvalue weighted by atomic mass is 10.1. The normalized spacial score (nSPS) is 19.5. The second kappa shape index (κ2) is 9.86. The van der Waals surface area contributed by atoms with Crippen molar-refractivity contribution in [2.45, 2.75) is 25.7 Å². The summed E-state index contributed by atoms with van der Waals surface area (Å²) in [5.41, 5.74) is 0. The number of rotatable bonds is 9. The van der Waals surface area contributed by atoms with Gasteiger partial charge in [-0.2, -0.15) is 0 Å². The number of carbonyl (C=O) groups excluding carboxylic acids is 2. The molecule has 2 saturated carbocycles. The number of carbonyl (C=O) groups is 2. The molecule has 0 aliphatic heterocycles. The van der Waals surface area contributed by atoms with Crippen molar-refractivity contribution in [3.63, 3.8) is 0 Å². The van der Waals surface area contributed by atoms with Crippen LogP contribution in [0.4, 0.5) is 0 Å². The fourth-order valence-electron chi connectivity index (χ4n) is 2.07. The molecule has 116 valence electrons. The average Bonchev–Trinajstić information content (AvgIpc) is 3.22. The molecule has 0 unspecified atom stereocenters. The molecule has 2 aliphatic carbocycles. The lowest BCUT2D eigenvalue weighted by Crippen LogP contribution is -2.14. The second-order valence-electron chi connectivity index (χ2n) is 5.03. The summed E-state index contributed by atoms with van der Waals surface area (Å²) in [7, 11) is 0. The first-order chi connectivity index (χ1) is 10.8. The highest BCUT2D eigenvalue weighted by Crippen LogP contribution is 2.25. The van der Waals surface area contributed by atoms with Gasteiger partial charge in [-0.1, -0.05) is 0 Å². The molecule has 0 N–H and O–H groups in total. The van der Waals surface area contributed by atoms with Gasteiger partial charge in [-0.05, 0) is 77.0 Å². The van der Waals surface area contributed by atoms with E-state index in [-0.39, 0.29) is 11.9 Å². The fourth-order valence-corrected chi connectivity index (χ4v) is 2.07. The lowest BCUT2D eigenvalue weighted by molar-refractivity contribution is -0.141. The predicted molar refractivity (Wildman–Crippen MR) is 81.3 cm³/mol. The summed E-state index contributed by atoms with van der Waals surface area (Å²) in [6, 6.07) is 0. The SMILES string of the molecule is O=C(OCCCCCCOC(=O)[C]1[CH][CH][CH][CH]1)[C]1[CH][CH][CH][CH]1. The molecule has 0 atom stereocenters. The molecule has 0 heterocycles. The molecule has 0 saturated heterocycles. The molecule has 22 heavy (non-hydrogen) atoms. The highest BCUT2D eigenvalue weighted by Gasteiger charge is 2.26. The summed E-state index contributed by atoms with van der Waals surface area (Å²) < 4.78 is 10.3. The summed E-state index contributed by atoms with van der Waals surface area (Å²) in [6.07, 6.45) is 17.7. The van der Waals surface area contributed by atoms with Crippen LogP contribution in [0.25, 0.3) is 0 Å². The third-order valence-corrected chi connectivity index (χ3v) is 3.30. The van der Waals surface area contributed by atoms with Gasteiger partial charge in [0.05, 0.1) is 25.0 Å². The molecule has 0 aromatic carbocycles. The third-order valence-electron chi connectivity index (χ3n) is 3.30. The largest absolute Gasteiger partial charge is 0.465 e. The molecule has 0 aromatic rings. The van der Waals surface area contributed by atoms with E-state index >= 15 is 0 Å². The van der Waals surface area contributed by atoms with Gasteiger partial charge in [-0.15, -0.1) is 0 Å². The maximum absolute atomic E-state index is 11.5. The molecule has 4 heteroatoms. The topological polar surface area (TPSA) is 52.6 Å².